The van der Waals surface area contributed by atoms with E-state index >= 15 is 0 Å². The van der Waals surface area contributed by atoms with Gasteiger partial charge in [-0.3, -0.25) is 10.1 Å². The maximum Gasteiger partial charge on any atom is 0.453 e. The third-order valence-electron chi connectivity index (χ3n) is 2.99. The van der Waals surface area contributed by atoms with Crippen molar-refractivity contribution in [1.82, 2.24) is 14.8 Å². The predicted octanol–water partition coefficient (Wildman–Crippen LogP) is 2.23. The Bertz CT molecular complexity index is 650. The number of aromatic nitrogens is 3. The summed E-state index contributed by atoms with van der Waals surface area (Å²) in [4.78, 5) is 14.9. The molecule has 1 aliphatic rings. The van der Waals surface area contributed by atoms with E-state index in [1.54, 1.807) is 30.3 Å². The van der Waals surface area contributed by atoms with Crippen LogP contribution in [-0.4, -0.2) is 20.7 Å². The second-order valence-corrected chi connectivity index (χ2v) is 4.38. The molecule has 0 unspecified atom stereocenters. The molecule has 0 spiro atoms. The molecule has 0 radical (unpaired) electrons. The number of carbonyl (C=O) groups excluding carboxylic acids is 1. The Morgan fingerprint density at radius 1 is 1.25 bits per heavy atom. The fourth-order valence-corrected chi connectivity index (χ4v) is 2.12. The minimum atomic E-state index is -4.64. The number of nitrogens with one attached hydrogen (secondary N) is 1. The summed E-state index contributed by atoms with van der Waals surface area (Å²) in [5, 5.41) is 5.78. The van der Waals surface area contributed by atoms with Crippen molar-refractivity contribution in [2.75, 3.05) is 5.32 Å². The van der Waals surface area contributed by atoms with Crippen LogP contribution in [0.3, 0.4) is 0 Å². The van der Waals surface area contributed by atoms with Crippen LogP contribution in [-0.2, 0) is 11.0 Å². The van der Waals surface area contributed by atoms with Crippen molar-refractivity contribution in [3.8, 4) is 0 Å². The van der Waals surface area contributed by atoms with E-state index in [4.69, 9.17) is 0 Å². The summed E-state index contributed by atoms with van der Waals surface area (Å²) < 4.78 is 39.1. The first-order chi connectivity index (χ1) is 9.45. The molecule has 1 aromatic carbocycles. The molecule has 0 aliphatic carbocycles. The van der Waals surface area contributed by atoms with Crippen LogP contribution in [0.25, 0.3) is 0 Å². The van der Waals surface area contributed by atoms with Crippen LogP contribution in [0.4, 0.5) is 19.1 Å². The van der Waals surface area contributed by atoms with E-state index in [-0.39, 0.29) is 18.3 Å². The molecule has 8 heteroatoms. The van der Waals surface area contributed by atoms with E-state index in [1.165, 1.54) is 0 Å². The maximum atomic E-state index is 12.6. The molecule has 1 aromatic heterocycles. The summed E-state index contributed by atoms with van der Waals surface area (Å²) in [6, 6.07) is 8.19. The van der Waals surface area contributed by atoms with Crippen LogP contribution in [0.2, 0.25) is 0 Å². The van der Waals surface area contributed by atoms with Gasteiger partial charge in [0.1, 0.15) is 0 Å². The summed E-state index contributed by atoms with van der Waals surface area (Å²) in [5.74, 6) is -1.81. The van der Waals surface area contributed by atoms with Crippen molar-refractivity contribution in [2.45, 2.75) is 18.6 Å². The molecular weight excluding hydrogens is 273 g/mol. The summed E-state index contributed by atoms with van der Waals surface area (Å²) in [7, 11) is 0. The third-order valence-corrected chi connectivity index (χ3v) is 2.99. The normalized spacial score (nSPS) is 18.6. The van der Waals surface area contributed by atoms with Crippen LogP contribution in [0.15, 0.2) is 30.3 Å². The average molecular weight is 282 g/mol. The van der Waals surface area contributed by atoms with E-state index in [0.717, 1.165) is 4.68 Å². The quantitative estimate of drug-likeness (QED) is 0.872. The van der Waals surface area contributed by atoms with Gasteiger partial charge in [0.2, 0.25) is 11.9 Å². The molecule has 20 heavy (non-hydrogen) atoms. The van der Waals surface area contributed by atoms with Gasteiger partial charge in [0.25, 0.3) is 5.82 Å². The fraction of sp³-hybridized carbons (Fsp3) is 0.250. The molecule has 0 bridgehead atoms. The number of hydrogen-bond donors (Lipinski definition) is 1. The second-order valence-electron chi connectivity index (χ2n) is 4.38. The highest BCUT2D eigenvalue weighted by Gasteiger charge is 2.39. The Balaban J connectivity index is 2.08. The zero-order valence-corrected chi connectivity index (χ0v) is 10.1. The number of carbonyl (C=O) groups is 1. The van der Waals surface area contributed by atoms with Crippen LogP contribution >= 0.6 is 0 Å². The number of hydrogen-bond acceptors (Lipinski definition) is 3. The predicted molar refractivity (Wildman–Crippen MR) is 62.9 cm³/mol. The van der Waals surface area contributed by atoms with E-state index in [9.17, 15) is 18.0 Å². The number of alkyl halides is 3. The number of fused-ring (bicyclic) bond motifs is 1. The molecule has 1 amide bonds. The minimum Gasteiger partial charge on any atom is -0.295 e. The van der Waals surface area contributed by atoms with Crippen molar-refractivity contribution < 1.29 is 18.0 Å². The van der Waals surface area contributed by atoms with Gasteiger partial charge in [0.15, 0.2) is 0 Å². The monoisotopic (exact) mass is 282 g/mol. The molecule has 1 atom stereocenters. The molecule has 1 N–H and O–H groups in total. The molecule has 0 fully saturated rings. The lowest BCUT2D eigenvalue weighted by Crippen LogP contribution is -2.29. The van der Waals surface area contributed by atoms with Gasteiger partial charge < -0.3 is 0 Å². The molecular formula is C12H9F3N4O. The molecule has 2 aromatic rings. The van der Waals surface area contributed by atoms with Crippen LogP contribution < -0.4 is 5.32 Å². The molecule has 0 saturated carbocycles. The molecule has 3 rings (SSSR count). The van der Waals surface area contributed by atoms with Crippen molar-refractivity contribution in [2.24, 2.45) is 0 Å². The van der Waals surface area contributed by atoms with Crippen LogP contribution in [0.1, 0.15) is 23.9 Å². The first-order valence-corrected chi connectivity index (χ1v) is 5.83. The lowest BCUT2D eigenvalue weighted by atomic mass is 10.0. The summed E-state index contributed by atoms with van der Waals surface area (Å²) in [6.07, 6.45) is -4.62. The van der Waals surface area contributed by atoms with Gasteiger partial charge in [-0.15, -0.1) is 5.10 Å². The first-order valence-electron chi connectivity index (χ1n) is 5.83. The summed E-state index contributed by atoms with van der Waals surface area (Å²) >= 11 is 0. The van der Waals surface area contributed by atoms with E-state index in [0.29, 0.717) is 5.56 Å². The molecule has 0 saturated heterocycles. The van der Waals surface area contributed by atoms with Gasteiger partial charge in [0.05, 0.1) is 12.5 Å². The summed E-state index contributed by atoms with van der Waals surface area (Å²) in [5.41, 5.74) is 0.710. The smallest absolute Gasteiger partial charge is 0.295 e. The Kier molecular flexibility index (Phi) is 2.73. The molecule has 2 heterocycles. The van der Waals surface area contributed by atoms with Crippen molar-refractivity contribution in [3.05, 3.63) is 41.7 Å². The first kappa shape index (κ1) is 12.6. The Morgan fingerprint density at radius 3 is 2.60 bits per heavy atom. The zero-order chi connectivity index (χ0) is 14.3. The van der Waals surface area contributed by atoms with Crippen molar-refractivity contribution in [3.63, 3.8) is 0 Å². The largest absolute Gasteiger partial charge is 0.453 e. The standard InChI is InChI=1S/C12H9F3N4O/c13-12(14,15)10-17-11-16-9(20)6-8(19(11)18-10)7-4-2-1-3-5-7/h1-5,8H,6H2,(H,16,17,18,20)/t8-/m0/s1. The molecule has 1 aliphatic heterocycles. The number of amides is 1. The maximum absolute atomic E-state index is 12.6. The van der Waals surface area contributed by atoms with Gasteiger partial charge in [-0.2, -0.15) is 18.2 Å². The number of benzene rings is 1. The highest BCUT2D eigenvalue weighted by molar-refractivity contribution is 5.91. The Morgan fingerprint density at radius 2 is 1.95 bits per heavy atom. The number of anilines is 1. The topological polar surface area (TPSA) is 59.8 Å². The Labute approximate surface area is 111 Å². The van der Waals surface area contributed by atoms with Crippen molar-refractivity contribution >= 4 is 11.9 Å². The van der Waals surface area contributed by atoms with Crippen LogP contribution in [0, 0.1) is 0 Å². The molecule has 104 valence electrons. The van der Waals surface area contributed by atoms with Gasteiger partial charge in [0, 0.05) is 0 Å². The average Bonchev–Trinajstić information content (AvgIpc) is 2.82. The third kappa shape index (κ3) is 2.13. The fourth-order valence-electron chi connectivity index (χ4n) is 2.12. The van der Waals surface area contributed by atoms with Gasteiger partial charge in [-0.05, 0) is 5.56 Å². The molecule has 5 nitrogen and oxygen atoms in total. The number of nitrogens with zero attached hydrogens (tertiary/aromatic N) is 3. The van der Waals surface area contributed by atoms with Gasteiger partial charge >= 0.3 is 6.18 Å². The number of halogens is 3. The highest BCUT2D eigenvalue weighted by Crippen LogP contribution is 2.33. The minimum absolute atomic E-state index is 0.0255. The van der Waals surface area contributed by atoms with E-state index in [1.807, 2.05) is 0 Å². The SMILES string of the molecule is O=C1C[C@@H](c2ccccc2)n2nc(C(F)(F)F)nc2N1. The van der Waals surface area contributed by atoms with Gasteiger partial charge in [-0.25, -0.2) is 4.68 Å². The second kappa shape index (κ2) is 4.32. The number of rotatable bonds is 1. The Hall–Kier alpha value is -2.38. The summed E-state index contributed by atoms with van der Waals surface area (Å²) in [6.45, 7) is 0. The lowest BCUT2D eigenvalue weighted by Gasteiger charge is -2.23. The van der Waals surface area contributed by atoms with E-state index < -0.39 is 18.0 Å². The zero-order valence-electron chi connectivity index (χ0n) is 10.1. The van der Waals surface area contributed by atoms with Crippen LogP contribution in [0.5, 0.6) is 0 Å². The van der Waals surface area contributed by atoms with Crippen molar-refractivity contribution in [1.29, 1.82) is 0 Å². The van der Waals surface area contributed by atoms with Gasteiger partial charge in [-0.1, -0.05) is 30.3 Å². The van der Waals surface area contributed by atoms with E-state index in [2.05, 4.69) is 15.4 Å². The highest BCUT2D eigenvalue weighted by atomic mass is 19.4. The lowest BCUT2D eigenvalue weighted by molar-refractivity contribution is -0.145.